The number of rotatable bonds is 1. The van der Waals surface area contributed by atoms with Crippen LogP contribution in [0.5, 0.6) is 0 Å². The Labute approximate surface area is 86.4 Å². The maximum absolute atomic E-state index is 11.2. The van der Waals surface area contributed by atoms with Crippen molar-refractivity contribution in [1.29, 1.82) is 0 Å². The van der Waals surface area contributed by atoms with Gasteiger partial charge >= 0.3 is 5.97 Å². The van der Waals surface area contributed by atoms with Crippen LogP contribution in [0, 0.1) is 6.92 Å². The van der Waals surface area contributed by atoms with E-state index in [2.05, 4.69) is 4.74 Å². The zero-order valence-corrected chi connectivity index (χ0v) is 8.74. The van der Waals surface area contributed by atoms with Gasteiger partial charge in [-0.25, -0.2) is 4.79 Å². The smallest absolute Gasteiger partial charge is 0.340 e. The molecule has 0 aliphatic heterocycles. The van der Waals surface area contributed by atoms with Crippen molar-refractivity contribution < 1.29 is 9.53 Å². The number of aryl methyl sites for hydroxylation is 1. The minimum atomic E-state index is -0.519. The summed E-state index contributed by atoms with van der Waals surface area (Å²) in [6.45, 7) is 1.85. The van der Waals surface area contributed by atoms with E-state index < -0.39 is 5.97 Å². The van der Waals surface area contributed by atoms with Crippen molar-refractivity contribution in [3.8, 4) is 0 Å². The number of halogens is 2. The molecule has 70 valence electrons. The standard InChI is InChI=1S/C9H8Cl2O2/c1-5-3-6(10)8(7(11)4-5)9(12)13-2/h3-4H,1-2H3. The van der Waals surface area contributed by atoms with Crippen LogP contribution in [0.3, 0.4) is 0 Å². The van der Waals surface area contributed by atoms with Crippen molar-refractivity contribution >= 4 is 29.2 Å². The molecule has 0 atom stereocenters. The van der Waals surface area contributed by atoms with Gasteiger partial charge < -0.3 is 4.74 Å². The average Bonchev–Trinajstić information content (AvgIpc) is 2.02. The minimum absolute atomic E-state index is 0.219. The van der Waals surface area contributed by atoms with Gasteiger partial charge in [-0.1, -0.05) is 23.2 Å². The van der Waals surface area contributed by atoms with Gasteiger partial charge in [0, 0.05) is 0 Å². The molecule has 0 amide bonds. The van der Waals surface area contributed by atoms with Gasteiger partial charge in [-0.3, -0.25) is 0 Å². The van der Waals surface area contributed by atoms with Gasteiger partial charge in [0.2, 0.25) is 0 Å². The summed E-state index contributed by atoms with van der Waals surface area (Å²) in [7, 11) is 1.29. The van der Waals surface area contributed by atoms with Crippen LogP contribution < -0.4 is 0 Å². The van der Waals surface area contributed by atoms with E-state index in [1.165, 1.54) is 7.11 Å². The van der Waals surface area contributed by atoms with Gasteiger partial charge in [-0.2, -0.15) is 0 Å². The molecule has 0 aliphatic carbocycles. The van der Waals surface area contributed by atoms with Crippen LogP contribution in [0.25, 0.3) is 0 Å². The maximum atomic E-state index is 11.2. The summed E-state index contributed by atoms with van der Waals surface area (Å²) in [4.78, 5) is 11.2. The number of methoxy groups -OCH3 is 1. The first-order chi connectivity index (χ1) is 6.06. The lowest BCUT2D eigenvalue weighted by Gasteiger charge is -2.05. The zero-order valence-electron chi connectivity index (χ0n) is 7.23. The fourth-order valence-corrected chi connectivity index (χ4v) is 1.75. The summed E-state index contributed by atoms with van der Waals surface area (Å²) in [5.74, 6) is -0.519. The summed E-state index contributed by atoms with van der Waals surface area (Å²) in [6, 6.07) is 3.33. The number of hydrogen-bond acceptors (Lipinski definition) is 2. The highest BCUT2D eigenvalue weighted by molar-refractivity contribution is 6.39. The van der Waals surface area contributed by atoms with Crippen LogP contribution in [0.15, 0.2) is 12.1 Å². The predicted octanol–water partition coefficient (Wildman–Crippen LogP) is 3.09. The van der Waals surface area contributed by atoms with E-state index in [4.69, 9.17) is 23.2 Å². The Balaban J connectivity index is 3.28. The summed E-state index contributed by atoms with van der Waals surface area (Å²) < 4.78 is 4.53. The van der Waals surface area contributed by atoms with Crippen LogP contribution in [0.4, 0.5) is 0 Å². The fraction of sp³-hybridized carbons (Fsp3) is 0.222. The van der Waals surface area contributed by atoms with Crippen molar-refractivity contribution in [2.75, 3.05) is 7.11 Å². The van der Waals surface area contributed by atoms with Crippen molar-refractivity contribution in [2.45, 2.75) is 6.92 Å². The largest absolute Gasteiger partial charge is 0.465 e. The second kappa shape index (κ2) is 3.99. The lowest BCUT2D eigenvalue weighted by Crippen LogP contribution is -2.03. The Bertz CT molecular complexity index is 324. The van der Waals surface area contributed by atoms with E-state index in [0.717, 1.165) is 5.56 Å². The van der Waals surface area contributed by atoms with Crippen LogP contribution in [0.1, 0.15) is 15.9 Å². The van der Waals surface area contributed by atoms with Crippen LogP contribution in [0.2, 0.25) is 10.0 Å². The molecular weight excluding hydrogens is 211 g/mol. The maximum Gasteiger partial charge on any atom is 0.340 e. The quantitative estimate of drug-likeness (QED) is 0.678. The Morgan fingerprint density at radius 1 is 1.31 bits per heavy atom. The van der Waals surface area contributed by atoms with Gasteiger partial charge in [-0.05, 0) is 24.6 Å². The molecule has 13 heavy (non-hydrogen) atoms. The van der Waals surface area contributed by atoms with Crippen LogP contribution in [-0.4, -0.2) is 13.1 Å². The molecular formula is C9H8Cl2O2. The Kier molecular flexibility index (Phi) is 3.17. The summed E-state index contributed by atoms with van der Waals surface area (Å²) in [5.41, 5.74) is 1.12. The third-order valence-corrected chi connectivity index (χ3v) is 2.17. The van der Waals surface area contributed by atoms with Crippen LogP contribution >= 0.6 is 23.2 Å². The van der Waals surface area contributed by atoms with Crippen LogP contribution in [-0.2, 0) is 4.74 Å². The normalized spacial score (nSPS) is 9.85. The van der Waals surface area contributed by atoms with E-state index in [1.54, 1.807) is 12.1 Å². The first-order valence-electron chi connectivity index (χ1n) is 3.60. The van der Waals surface area contributed by atoms with E-state index in [9.17, 15) is 4.79 Å². The molecule has 0 fully saturated rings. The molecule has 4 heteroatoms. The number of ether oxygens (including phenoxy) is 1. The number of hydrogen-bond donors (Lipinski definition) is 0. The van der Waals surface area contributed by atoms with Crippen molar-refractivity contribution in [3.63, 3.8) is 0 Å². The summed E-state index contributed by atoms with van der Waals surface area (Å²) in [5, 5.41) is 0.633. The Hall–Kier alpha value is -0.730. The van der Waals surface area contributed by atoms with E-state index in [-0.39, 0.29) is 5.56 Å². The van der Waals surface area contributed by atoms with E-state index in [1.807, 2.05) is 6.92 Å². The summed E-state index contributed by atoms with van der Waals surface area (Å²) >= 11 is 11.6. The fourth-order valence-electron chi connectivity index (χ4n) is 0.997. The molecule has 0 unspecified atom stereocenters. The van der Waals surface area contributed by atoms with Crippen molar-refractivity contribution in [3.05, 3.63) is 33.3 Å². The highest BCUT2D eigenvalue weighted by Gasteiger charge is 2.15. The third kappa shape index (κ3) is 2.14. The number of carbonyl (C=O) groups is 1. The molecule has 2 nitrogen and oxygen atoms in total. The van der Waals surface area contributed by atoms with Gasteiger partial charge in [0.15, 0.2) is 0 Å². The van der Waals surface area contributed by atoms with Gasteiger partial charge in [-0.15, -0.1) is 0 Å². The lowest BCUT2D eigenvalue weighted by atomic mass is 10.1. The Morgan fingerprint density at radius 3 is 2.15 bits per heavy atom. The molecule has 0 heterocycles. The van der Waals surface area contributed by atoms with E-state index in [0.29, 0.717) is 10.0 Å². The molecule has 0 saturated carbocycles. The second-order valence-corrected chi connectivity index (χ2v) is 3.41. The first kappa shape index (κ1) is 10.4. The lowest BCUT2D eigenvalue weighted by molar-refractivity contribution is 0.0601. The predicted molar refractivity (Wildman–Crippen MR) is 52.5 cm³/mol. The molecule has 0 radical (unpaired) electrons. The highest BCUT2D eigenvalue weighted by atomic mass is 35.5. The topological polar surface area (TPSA) is 26.3 Å². The SMILES string of the molecule is COC(=O)c1c(Cl)cc(C)cc1Cl. The van der Waals surface area contributed by atoms with Crippen molar-refractivity contribution in [1.82, 2.24) is 0 Å². The molecule has 1 aromatic rings. The molecule has 0 spiro atoms. The highest BCUT2D eigenvalue weighted by Crippen LogP contribution is 2.26. The summed E-state index contributed by atoms with van der Waals surface area (Å²) in [6.07, 6.45) is 0. The van der Waals surface area contributed by atoms with Gasteiger partial charge in [0.25, 0.3) is 0 Å². The number of esters is 1. The van der Waals surface area contributed by atoms with Gasteiger partial charge in [0.1, 0.15) is 0 Å². The molecule has 0 saturated heterocycles. The molecule has 0 aromatic heterocycles. The molecule has 0 N–H and O–H groups in total. The molecule has 1 aromatic carbocycles. The van der Waals surface area contributed by atoms with Crippen molar-refractivity contribution in [2.24, 2.45) is 0 Å². The second-order valence-electron chi connectivity index (χ2n) is 2.60. The average molecular weight is 219 g/mol. The third-order valence-electron chi connectivity index (χ3n) is 1.58. The number of benzene rings is 1. The zero-order chi connectivity index (χ0) is 10.0. The number of carbonyl (C=O) groups excluding carboxylic acids is 1. The molecule has 1 rings (SSSR count). The monoisotopic (exact) mass is 218 g/mol. The first-order valence-corrected chi connectivity index (χ1v) is 4.36. The van der Waals surface area contributed by atoms with Gasteiger partial charge in [0.05, 0.1) is 22.7 Å². The minimum Gasteiger partial charge on any atom is -0.465 e. The molecule has 0 aliphatic rings. The Morgan fingerprint density at radius 2 is 1.77 bits per heavy atom. The van der Waals surface area contributed by atoms with E-state index >= 15 is 0 Å². The molecule has 0 bridgehead atoms.